The van der Waals surface area contributed by atoms with Crippen LogP contribution in [0.1, 0.15) is 0 Å². The molecule has 0 aromatic rings. The van der Waals surface area contributed by atoms with Crippen molar-refractivity contribution in [2.24, 2.45) is 0 Å². The molecule has 88 valence electrons. The second kappa shape index (κ2) is 5.03. The van der Waals surface area contributed by atoms with Crippen LogP contribution in [0.3, 0.4) is 0 Å². The summed E-state index contributed by atoms with van der Waals surface area (Å²) in [6.07, 6.45) is 0. The summed E-state index contributed by atoms with van der Waals surface area (Å²) in [5.41, 5.74) is 22.7. The SMILES string of the molecule is CN1NNNN(CN2NNNN(C)N2)N1. The molecule has 12 heteroatoms. The Morgan fingerprint density at radius 1 is 0.733 bits per heavy atom. The van der Waals surface area contributed by atoms with Crippen LogP contribution in [0.25, 0.3) is 0 Å². The van der Waals surface area contributed by atoms with Gasteiger partial charge in [-0.3, -0.25) is 0 Å². The van der Waals surface area contributed by atoms with Gasteiger partial charge in [0.15, 0.2) is 0 Å². The average molecular weight is 220 g/mol. The minimum atomic E-state index is 0.498. The third-order valence-corrected chi connectivity index (χ3v) is 1.65. The van der Waals surface area contributed by atoms with Gasteiger partial charge in [-0.15, -0.1) is 10.2 Å². The van der Waals surface area contributed by atoms with Crippen LogP contribution >= 0.6 is 0 Å². The fourth-order valence-electron chi connectivity index (χ4n) is 1.09. The Bertz CT molecular complexity index is 175. The highest BCUT2D eigenvalue weighted by atomic mass is 16.2. The molecule has 12 nitrogen and oxygen atoms in total. The van der Waals surface area contributed by atoms with Crippen molar-refractivity contribution in [3.63, 3.8) is 0 Å². The topological polar surface area (TPSA) is 109 Å². The van der Waals surface area contributed by atoms with E-state index in [0.29, 0.717) is 6.67 Å². The molecule has 0 radical (unpaired) electrons. The van der Waals surface area contributed by atoms with E-state index in [1.807, 2.05) is 14.1 Å². The van der Waals surface area contributed by atoms with Gasteiger partial charge in [-0.2, -0.15) is 54.5 Å². The molecule has 2 aliphatic rings. The maximum absolute atomic E-state index is 2.97. The maximum Gasteiger partial charge on any atom is 0.115 e. The quantitative estimate of drug-likeness (QED) is 0.228. The van der Waals surface area contributed by atoms with Gasteiger partial charge in [-0.25, -0.2) is 0 Å². The molecule has 0 unspecified atom stereocenters. The number of nitrogens with one attached hydrogen (secondary N) is 8. The smallest absolute Gasteiger partial charge is 0.115 e. The number of rotatable bonds is 2. The monoisotopic (exact) mass is 220 g/mol. The van der Waals surface area contributed by atoms with Crippen LogP contribution in [0.5, 0.6) is 0 Å². The lowest BCUT2D eigenvalue weighted by Crippen LogP contribution is -2.79. The molecule has 0 amide bonds. The van der Waals surface area contributed by atoms with Crippen molar-refractivity contribution in [1.29, 1.82) is 0 Å². The Hall–Kier alpha value is -0.480. The lowest BCUT2D eigenvalue weighted by atomic mass is 11.1. The van der Waals surface area contributed by atoms with Gasteiger partial charge in [0, 0.05) is 14.1 Å². The van der Waals surface area contributed by atoms with Crippen LogP contribution < -0.4 is 44.3 Å². The van der Waals surface area contributed by atoms with Gasteiger partial charge in [-0.05, 0) is 0 Å². The molecule has 0 spiro atoms. The van der Waals surface area contributed by atoms with E-state index in [1.165, 1.54) is 0 Å². The molecular formula is C3H16N12. The third kappa shape index (κ3) is 3.24. The Balaban J connectivity index is 1.75. The fraction of sp³-hybridized carbons (Fsp3) is 1.00. The van der Waals surface area contributed by atoms with E-state index in [-0.39, 0.29) is 0 Å². The number of hydrogen-bond acceptors (Lipinski definition) is 12. The van der Waals surface area contributed by atoms with E-state index in [0.717, 1.165) is 0 Å². The summed E-state index contributed by atoms with van der Waals surface area (Å²) >= 11 is 0. The fourth-order valence-corrected chi connectivity index (χ4v) is 1.09. The first-order valence-corrected chi connectivity index (χ1v) is 4.32. The van der Waals surface area contributed by atoms with Crippen LogP contribution in [0.2, 0.25) is 0 Å². The standard InChI is InChI=1S/C3H16N12/c1-12-6-4-8-14(10-12)3-15-9-5-7-13(2)11-15/h4-11H,3H2,1-2H3. The van der Waals surface area contributed by atoms with Crippen molar-refractivity contribution in [1.82, 2.24) is 64.8 Å². The molecule has 15 heavy (non-hydrogen) atoms. The minimum Gasteiger partial charge on any atom is -0.164 e. The molecule has 2 heterocycles. The van der Waals surface area contributed by atoms with E-state index < -0.39 is 0 Å². The van der Waals surface area contributed by atoms with Crippen LogP contribution in [0.4, 0.5) is 0 Å². The van der Waals surface area contributed by atoms with E-state index in [9.17, 15) is 0 Å². The zero-order chi connectivity index (χ0) is 10.7. The lowest BCUT2D eigenvalue weighted by Gasteiger charge is -2.40. The van der Waals surface area contributed by atoms with Gasteiger partial charge in [0.2, 0.25) is 0 Å². The molecule has 0 aliphatic carbocycles. The van der Waals surface area contributed by atoms with Gasteiger partial charge in [0.1, 0.15) is 6.67 Å². The first-order valence-electron chi connectivity index (χ1n) is 4.32. The predicted molar refractivity (Wildman–Crippen MR) is 49.2 cm³/mol. The molecule has 2 fully saturated rings. The largest absolute Gasteiger partial charge is 0.164 e. The van der Waals surface area contributed by atoms with Gasteiger partial charge in [0.25, 0.3) is 0 Å². The van der Waals surface area contributed by atoms with E-state index in [4.69, 9.17) is 0 Å². The summed E-state index contributed by atoms with van der Waals surface area (Å²) in [5.74, 6) is 0. The Kier molecular flexibility index (Phi) is 3.70. The molecule has 0 bridgehead atoms. The maximum atomic E-state index is 2.97. The highest BCUT2D eigenvalue weighted by Gasteiger charge is 2.18. The highest BCUT2D eigenvalue weighted by Crippen LogP contribution is 1.84. The summed E-state index contributed by atoms with van der Waals surface area (Å²) < 4.78 is 0. The van der Waals surface area contributed by atoms with E-state index >= 15 is 0 Å². The van der Waals surface area contributed by atoms with Crippen molar-refractivity contribution in [2.75, 3.05) is 20.8 Å². The Morgan fingerprint density at radius 2 is 1.20 bits per heavy atom. The van der Waals surface area contributed by atoms with Crippen LogP contribution in [-0.4, -0.2) is 41.2 Å². The van der Waals surface area contributed by atoms with E-state index in [2.05, 4.69) is 44.3 Å². The normalized spacial score (nSPS) is 28.4. The molecule has 2 saturated heterocycles. The summed E-state index contributed by atoms with van der Waals surface area (Å²) in [7, 11) is 3.65. The predicted octanol–water partition coefficient (Wildman–Crippen LogP) is -4.86. The van der Waals surface area contributed by atoms with Crippen molar-refractivity contribution in [3.05, 3.63) is 0 Å². The molecule has 2 aliphatic heterocycles. The number of hydrogen-bond donors (Lipinski definition) is 8. The van der Waals surface area contributed by atoms with Crippen molar-refractivity contribution < 1.29 is 0 Å². The first-order chi connectivity index (χ1) is 7.24. The number of nitrogens with zero attached hydrogens (tertiary/aromatic N) is 4. The van der Waals surface area contributed by atoms with Crippen LogP contribution in [0.15, 0.2) is 0 Å². The third-order valence-electron chi connectivity index (χ3n) is 1.65. The minimum absolute atomic E-state index is 0.498. The molecule has 0 aromatic heterocycles. The van der Waals surface area contributed by atoms with Crippen LogP contribution in [0, 0.1) is 0 Å². The summed E-state index contributed by atoms with van der Waals surface area (Å²) in [6, 6.07) is 0. The molecular weight excluding hydrogens is 204 g/mol. The van der Waals surface area contributed by atoms with Gasteiger partial charge < -0.3 is 0 Å². The highest BCUT2D eigenvalue weighted by molar-refractivity contribution is 4.44. The van der Waals surface area contributed by atoms with Crippen molar-refractivity contribution >= 4 is 0 Å². The summed E-state index contributed by atoms with van der Waals surface area (Å²) in [4.78, 5) is 0. The zero-order valence-corrected chi connectivity index (χ0v) is 8.50. The zero-order valence-electron chi connectivity index (χ0n) is 8.50. The average Bonchev–Trinajstić information content (AvgIpc) is 2.17. The summed E-state index contributed by atoms with van der Waals surface area (Å²) in [6.45, 7) is 0.498. The second-order valence-corrected chi connectivity index (χ2v) is 3.01. The van der Waals surface area contributed by atoms with Gasteiger partial charge >= 0.3 is 0 Å². The van der Waals surface area contributed by atoms with E-state index in [1.54, 1.807) is 20.5 Å². The van der Waals surface area contributed by atoms with Gasteiger partial charge in [-0.1, -0.05) is 0 Å². The lowest BCUT2D eigenvalue weighted by molar-refractivity contribution is -0.195. The van der Waals surface area contributed by atoms with Crippen molar-refractivity contribution in [2.45, 2.75) is 0 Å². The molecule has 0 atom stereocenters. The van der Waals surface area contributed by atoms with Gasteiger partial charge in [0.05, 0.1) is 0 Å². The Labute approximate surface area is 86.5 Å². The molecule has 0 saturated carbocycles. The Morgan fingerprint density at radius 3 is 1.60 bits per heavy atom. The second-order valence-electron chi connectivity index (χ2n) is 3.01. The summed E-state index contributed by atoms with van der Waals surface area (Å²) in [5, 5.41) is 6.68. The molecule has 8 N–H and O–H groups in total. The first kappa shape index (κ1) is 11.0. The molecule has 0 aromatic carbocycles. The molecule has 2 rings (SSSR count). The number of hydrazine groups is 12. The van der Waals surface area contributed by atoms with Crippen molar-refractivity contribution in [3.8, 4) is 0 Å². The van der Waals surface area contributed by atoms with Crippen LogP contribution in [-0.2, 0) is 0 Å².